The fourth-order valence-corrected chi connectivity index (χ4v) is 2.91. The van der Waals surface area contributed by atoms with Crippen LogP contribution in [0.4, 0.5) is 0 Å². The highest BCUT2D eigenvalue weighted by molar-refractivity contribution is 7.09. The molecule has 0 unspecified atom stereocenters. The Labute approximate surface area is 128 Å². The van der Waals surface area contributed by atoms with Gasteiger partial charge in [0.25, 0.3) is 0 Å². The van der Waals surface area contributed by atoms with Crippen LogP contribution in [0, 0.1) is 0 Å². The first-order chi connectivity index (χ1) is 10.4. The molecule has 1 heterocycles. The van der Waals surface area contributed by atoms with Crippen molar-refractivity contribution in [3.05, 3.63) is 60.2 Å². The normalized spacial score (nSPS) is 10.9. The lowest BCUT2D eigenvalue weighted by molar-refractivity contribution is 0.319. The Morgan fingerprint density at radius 1 is 1.00 bits per heavy atom. The van der Waals surface area contributed by atoms with E-state index in [1.54, 1.807) is 0 Å². The molecule has 3 rings (SSSR count). The fourth-order valence-electron chi connectivity index (χ4n) is 2.16. The van der Waals surface area contributed by atoms with Gasteiger partial charge in [-0.1, -0.05) is 42.5 Å². The van der Waals surface area contributed by atoms with Gasteiger partial charge in [0.05, 0.1) is 17.5 Å². The summed E-state index contributed by atoms with van der Waals surface area (Å²) in [5, 5.41) is 5.46. The predicted octanol–water partition coefficient (Wildman–Crippen LogP) is 3.86. The van der Waals surface area contributed by atoms with E-state index in [0.29, 0.717) is 6.61 Å². The maximum atomic E-state index is 5.83. The Balaban J connectivity index is 1.39. The number of aromatic nitrogens is 1. The zero-order valence-corrected chi connectivity index (χ0v) is 12.6. The van der Waals surface area contributed by atoms with E-state index in [1.165, 1.54) is 17.1 Å². The number of hydrogen-bond donors (Lipinski definition) is 1. The third-order valence-corrected chi connectivity index (χ3v) is 4.05. The van der Waals surface area contributed by atoms with Crippen molar-refractivity contribution in [2.75, 3.05) is 13.2 Å². The van der Waals surface area contributed by atoms with Crippen LogP contribution < -0.4 is 10.1 Å². The lowest BCUT2D eigenvalue weighted by Crippen LogP contribution is -2.16. The Morgan fingerprint density at radius 3 is 2.71 bits per heavy atom. The zero-order chi connectivity index (χ0) is 14.3. The highest BCUT2D eigenvalue weighted by atomic mass is 32.1. The number of nitrogens with zero attached hydrogens (tertiary/aromatic N) is 1. The number of hydrogen-bond acceptors (Lipinski definition) is 4. The summed E-state index contributed by atoms with van der Waals surface area (Å²) in [6.07, 6.45) is 0.985. The molecule has 0 saturated carbocycles. The van der Waals surface area contributed by atoms with Crippen molar-refractivity contribution in [3.63, 3.8) is 0 Å². The van der Waals surface area contributed by atoms with E-state index in [4.69, 9.17) is 4.74 Å². The van der Waals surface area contributed by atoms with Gasteiger partial charge < -0.3 is 10.1 Å². The molecule has 0 aliphatic rings. The molecule has 0 fully saturated rings. The van der Waals surface area contributed by atoms with Gasteiger partial charge in [0.15, 0.2) is 0 Å². The second kappa shape index (κ2) is 7.20. The summed E-state index contributed by atoms with van der Waals surface area (Å²) in [5.41, 5.74) is 2.33. The summed E-state index contributed by atoms with van der Waals surface area (Å²) in [5.74, 6) is 0. The minimum atomic E-state index is 0.716. The molecule has 21 heavy (non-hydrogen) atoms. The first-order valence-electron chi connectivity index (χ1n) is 7.15. The average Bonchev–Trinajstić information content (AvgIpc) is 2.95. The van der Waals surface area contributed by atoms with Gasteiger partial charge >= 0.3 is 0 Å². The van der Waals surface area contributed by atoms with Gasteiger partial charge in [-0.2, -0.15) is 4.37 Å². The van der Waals surface area contributed by atoms with Crippen LogP contribution in [0.15, 0.2) is 54.6 Å². The molecule has 0 radical (unpaired) electrons. The average molecular weight is 298 g/mol. The third kappa shape index (κ3) is 3.80. The van der Waals surface area contributed by atoms with Crippen LogP contribution in [0.5, 0.6) is 5.06 Å². The predicted molar refractivity (Wildman–Crippen MR) is 87.9 cm³/mol. The molecule has 0 spiro atoms. The minimum absolute atomic E-state index is 0.716. The maximum absolute atomic E-state index is 5.83. The van der Waals surface area contributed by atoms with Crippen LogP contribution in [-0.2, 0) is 6.54 Å². The monoisotopic (exact) mass is 298 g/mol. The SMILES string of the molecule is c1ccc(CNCCCOc2snc3ccccc23)cc1. The summed E-state index contributed by atoms with van der Waals surface area (Å²) in [6.45, 7) is 2.57. The second-order valence-corrected chi connectivity index (χ2v) is 5.59. The van der Waals surface area contributed by atoms with E-state index in [1.807, 2.05) is 24.3 Å². The molecule has 4 heteroatoms. The first-order valence-corrected chi connectivity index (χ1v) is 7.93. The molecule has 0 atom stereocenters. The highest BCUT2D eigenvalue weighted by Crippen LogP contribution is 2.29. The highest BCUT2D eigenvalue weighted by Gasteiger charge is 2.05. The summed E-state index contributed by atoms with van der Waals surface area (Å²) in [6, 6.07) is 18.5. The summed E-state index contributed by atoms with van der Waals surface area (Å²) < 4.78 is 10.2. The number of nitrogens with one attached hydrogen (secondary N) is 1. The Morgan fingerprint density at radius 2 is 1.81 bits per heavy atom. The van der Waals surface area contributed by atoms with Crippen LogP contribution >= 0.6 is 11.5 Å². The Bertz CT molecular complexity index is 681. The fraction of sp³-hybridized carbons (Fsp3) is 0.235. The molecule has 108 valence electrons. The van der Waals surface area contributed by atoms with E-state index in [9.17, 15) is 0 Å². The van der Waals surface area contributed by atoms with Crippen molar-refractivity contribution in [1.82, 2.24) is 9.69 Å². The molecule has 3 nitrogen and oxygen atoms in total. The lowest BCUT2D eigenvalue weighted by atomic mass is 10.2. The molecule has 2 aromatic carbocycles. The Hall–Kier alpha value is -1.91. The van der Waals surface area contributed by atoms with Crippen LogP contribution in [-0.4, -0.2) is 17.5 Å². The van der Waals surface area contributed by atoms with Crippen LogP contribution in [0.3, 0.4) is 0 Å². The van der Waals surface area contributed by atoms with Gasteiger partial charge in [0.2, 0.25) is 5.06 Å². The van der Waals surface area contributed by atoms with Crippen molar-refractivity contribution in [3.8, 4) is 5.06 Å². The zero-order valence-electron chi connectivity index (χ0n) is 11.8. The molecule has 1 aromatic heterocycles. The number of rotatable bonds is 7. The molecular formula is C17H18N2OS. The van der Waals surface area contributed by atoms with Crippen molar-refractivity contribution in [2.45, 2.75) is 13.0 Å². The van der Waals surface area contributed by atoms with Crippen LogP contribution in [0.2, 0.25) is 0 Å². The Kier molecular flexibility index (Phi) is 4.82. The molecule has 0 bridgehead atoms. The van der Waals surface area contributed by atoms with Crippen molar-refractivity contribution >= 4 is 22.4 Å². The number of ether oxygens (including phenoxy) is 1. The number of fused-ring (bicyclic) bond motifs is 1. The van der Waals surface area contributed by atoms with E-state index in [2.05, 4.69) is 40.0 Å². The van der Waals surface area contributed by atoms with E-state index >= 15 is 0 Å². The molecule has 1 N–H and O–H groups in total. The molecular weight excluding hydrogens is 280 g/mol. The van der Waals surface area contributed by atoms with E-state index in [0.717, 1.165) is 35.5 Å². The standard InChI is InChI=1S/C17H18N2OS/c1-2-7-14(8-3-1)13-18-11-6-12-20-17-15-9-4-5-10-16(15)19-21-17/h1-5,7-10,18H,6,11-13H2. The largest absolute Gasteiger partial charge is 0.482 e. The van der Waals surface area contributed by atoms with Crippen LogP contribution in [0.1, 0.15) is 12.0 Å². The van der Waals surface area contributed by atoms with Gasteiger partial charge in [-0.05, 0) is 30.7 Å². The topological polar surface area (TPSA) is 34.1 Å². The number of benzene rings is 2. The second-order valence-electron chi connectivity index (χ2n) is 4.85. The van der Waals surface area contributed by atoms with Crippen molar-refractivity contribution in [1.29, 1.82) is 0 Å². The molecule has 0 aliphatic carbocycles. The summed E-state index contributed by atoms with van der Waals surface area (Å²) in [4.78, 5) is 0. The summed E-state index contributed by atoms with van der Waals surface area (Å²) in [7, 11) is 0. The van der Waals surface area contributed by atoms with Gasteiger partial charge in [0, 0.05) is 18.1 Å². The van der Waals surface area contributed by atoms with E-state index < -0.39 is 0 Å². The smallest absolute Gasteiger partial charge is 0.201 e. The minimum Gasteiger partial charge on any atom is -0.482 e. The van der Waals surface area contributed by atoms with Crippen LogP contribution in [0.25, 0.3) is 10.9 Å². The molecule has 3 aromatic rings. The third-order valence-electron chi connectivity index (χ3n) is 3.25. The maximum Gasteiger partial charge on any atom is 0.201 e. The van der Waals surface area contributed by atoms with Crippen molar-refractivity contribution < 1.29 is 4.74 Å². The van der Waals surface area contributed by atoms with Gasteiger partial charge in [-0.25, -0.2) is 0 Å². The summed E-state index contributed by atoms with van der Waals surface area (Å²) >= 11 is 1.43. The molecule has 0 aliphatic heterocycles. The van der Waals surface area contributed by atoms with Gasteiger partial charge in [0.1, 0.15) is 0 Å². The van der Waals surface area contributed by atoms with E-state index in [-0.39, 0.29) is 0 Å². The lowest BCUT2D eigenvalue weighted by Gasteiger charge is -2.06. The van der Waals surface area contributed by atoms with Gasteiger partial charge in [-0.15, -0.1) is 0 Å². The molecule has 0 saturated heterocycles. The van der Waals surface area contributed by atoms with Gasteiger partial charge in [-0.3, -0.25) is 0 Å². The quantitative estimate of drug-likeness (QED) is 0.673. The van der Waals surface area contributed by atoms with Crippen molar-refractivity contribution in [2.24, 2.45) is 0 Å². The first kappa shape index (κ1) is 14.0. The molecule has 0 amide bonds.